The summed E-state index contributed by atoms with van der Waals surface area (Å²) in [7, 11) is 0. The van der Waals surface area contributed by atoms with Gasteiger partial charge in [-0.1, -0.05) is 24.3 Å². The van der Waals surface area contributed by atoms with Crippen LogP contribution in [-0.4, -0.2) is 30.5 Å². The van der Waals surface area contributed by atoms with Crippen LogP contribution in [0.5, 0.6) is 0 Å². The highest BCUT2D eigenvalue weighted by Gasteiger charge is 2.16. The van der Waals surface area contributed by atoms with Gasteiger partial charge in [-0.25, -0.2) is 9.97 Å². The van der Waals surface area contributed by atoms with E-state index in [-0.39, 0.29) is 18.3 Å². The summed E-state index contributed by atoms with van der Waals surface area (Å²) in [6.45, 7) is 3.74. The third-order valence-corrected chi connectivity index (χ3v) is 6.18. The van der Waals surface area contributed by atoms with Crippen molar-refractivity contribution in [2.75, 3.05) is 11.1 Å². The number of hydrogen-bond donors (Lipinski definition) is 2. The van der Waals surface area contributed by atoms with Crippen molar-refractivity contribution in [2.45, 2.75) is 20.3 Å². The van der Waals surface area contributed by atoms with Crippen LogP contribution in [0, 0.1) is 13.8 Å². The molecule has 5 aromatic rings. The molecule has 0 fully saturated rings. The fourth-order valence-corrected chi connectivity index (χ4v) is 4.53. The van der Waals surface area contributed by atoms with E-state index in [0.717, 1.165) is 43.4 Å². The largest absolute Gasteiger partial charge is 0.366 e. The number of carbonyl (C=O) groups excluding carboxylic acids is 1. The molecule has 0 saturated carbocycles. The Balaban J connectivity index is 1.39. The quantitative estimate of drug-likeness (QED) is 0.450. The molecule has 1 amide bonds. The Kier molecular flexibility index (Phi) is 4.59. The first kappa shape index (κ1) is 19.1. The number of aromatic nitrogens is 5. The molecule has 8 nitrogen and oxygen atoms in total. The van der Waals surface area contributed by atoms with E-state index >= 15 is 0 Å². The normalized spacial score (nSPS) is 11.3. The zero-order valence-electron chi connectivity index (χ0n) is 17.0. The van der Waals surface area contributed by atoms with Crippen LogP contribution in [0.2, 0.25) is 0 Å². The van der Waals surface area contributed by atoms with Gasteiger partial charge in [0.15, 0.2) is 0 Å². The minimum atomic E-state index is -0.137. The summed E-state index contributed by atoms with van der Waals surface area (Å²) >= 11 is 1.63. The Labute approximate surface area is 181 Å². The molecule has 3 aromatic heterocycles. The minimum absolute atomic E-state index is 0.137. The number of anilines is 2. The van der Waals surface area contributed by atoms with Gasteiger partial charge in [0.05, 0.1) is 16.6 Å². The maximum atomic E-state index is 12.8. The van der Waals surface area contributed by atoms with Crippen molar-refractivity contribution in [1.82, 2.24) is 24.6 Å². The molecule has 0 bridgehead atoms. The van der Waals surface area contributed by atoms with Crippen LogP contribution in [0.3, 0.4) is 0 Å². The van der Waals surface area contributed by atoms with Crippen molar-refractivity contribution in [2.24, 2.45) is 0 Å². The number of nitrogens with two attached hydrogens (primary N) is 1. The van der Waals surface area contributed by atoms with Gasteiger partial charge in [0.2, 0.25) is 11.9 Å². The molecule has 31 heavy (non-hydrogen) atoms. The predicted octanol–water partition coefficient (Wildman–Crippen LogP) is 3.78. The molecule has 9 heteroatoms. The van der Waals surface area contributed by atoms with Gasteiger partial charge in [0, 0.05) is 28.2 Å². The van der Waals surface area contributed by atoms with Gasteiger partial charge in [-0.2, -0.15) is 9.50 Å². The average molecular weight is 430 g/mol. The van der Waals surface area contributed by atoms with E-state index in [1.807, 2.05) is 56.3 Å². The number of rotatable bonds is 4. The molecule has 0 spiro atoms. The van der Waals surface area contributed by atoms with Crippen molar-refractivity contribution < 1.29 is 4.79 Å². The van der Waals surface area contributed by atoms with Gasteiger partial charge >= 0.3 is 0 Å². The lowest BCUT2D eigenvalue weighted by Crippen LogP contribution is -2.17. The van der Waals surface area contributed by atoms with Crippen LogP contribution in [0.25, 0.3) is 26.6 Å². The molecule has 3 heterocycles. The highest BCUT2D eigenvalue weighted by atomic mass is 32.1. The molecule has 0 unspecified atom stereocenters. The summed E-state index contributed by atoms with van der Waals surface area (Å²) in [5, 5.41) is 8.05. The Hall–Kier alpha value is -3.85. The molecule has 5 rings (SSSR count). The molecule has 0 saturated heterocycles. The van der Waals surface area contributed by atoms with Crippen molar-refractivity contribution in [1.29, 1.82) is 0 Å². The van der Waals surface area contributed by atoms with Crippen molar-refractivity contribution >= 4 is 44.9 Å². The second-order valence-corrected chi connectivity index (χ2v) is 8.27. The van der Waals surface area contributed by atoms with Gasteiger partial charge in [-0.15, -0.1) is 16.4 Å². The van der Waals surface area contributed by atoms with E-state index in [4.69, 9.17) is 10.7 Å². The third-order valence-electron chi connectivity index (χ3n) is 5.09. The lowest BCUT2D eigenvalue weighted by atomic mass is 10.1. The fourth-order valence-electron chi connectivity index (χ4n) is 3.57. The SMILES string of the molecule is Cc1nc2nc(N)nn2c(C)c1CC(=O)Nc1cccc(-c2nc3ccccc3s2)c1. The predicted molar refractivity (Wildman–Crippen MR) is 122 cm³/mol. The number of nitrogens with zero attached hydrogens (tertiary/aromatic N) is 5. The molecular formula is C22H19N7OS. The van der Waals surface area contributed by atoms with E-state index in [2.05, 4.69) is 26.4 Å². The number of thiazole rings is 1. The van der Waals surface area contributed by atoms with E-state index in [1.54, 1.807) is 15.9 Å². The Morgan fingerprint density at radius 1 is 1.10 bits per heavy atom. The summed E-state index contributed by atoms with van der Waals surface area (Å²) in [4.78, 5) is 26.0. The Bertz CT molecular complexity index is 1420. The number of fused-ring (bicyclic) bond motifs is 2. The number of nitrogens with one attached hydrogen (secondary N) is 1. The molecule has 2 aromatic carbocycles. The molecule has 0 aliphatic carbocycles. The molecule has 0 radical (unpaired) electrons. The zero-order chi connectivity index (χ0) is 21.5. The first-order chi connectivity index (χ1) is 15.0. The van der Waals surface area contributed by atoms with Gasteiger partial charge in [-0.05, 0) is 38.1 Å². The number of carbonyl (C=O) groups is 1. The van der Waals surface area contributed by atoms with E-state index in [1.165, 1.54) is 0 Å². The first-order valence-corrected chi connectivity index (χ1v) is 10.5. The molecule has 154 valence electrons. The smallest absolute Gasteiger partial charge is 0.254 e. The van der Waals surface area contributed by atoms with Crippen LogP contribution < -0.4 is 11.1 Å². The Morgan fingerprint density at radius 3 is 2.77 bits per heavy atom. The Morgan fingerprint density at radius 2 is 1.94 bits per heavy atom. The van der Waals surface area contributed by atoms with Crippen LogP contribution in [0.15, 0.2) is 48.5 Å². The molecule has 0 aliphatic heterocycles. The highest BCUT2D eigenvalue weighted by Crippen LogP contribution is 2.31. The summed E-state index contributed by atoms with van der Waals surface area (Å²) in [6, 6.07) is 15.8. The maximum Gasteiger partial charge on any atom is 0.254 e. The van der Waals surface area contributed by atoms with Crippen LogP contribution in [0.4, 0.5) is 11.6 Å². The monoisotopic (exact) mass is 429 g/mol. The van der Waals surface area contributed by atoms with Crippen molar-refractivity contribution in [3.63, 3.8) is 0 Å². The first-order valence-electron chi connectivity index (χ1n) is 9.72. The molecule has 3 N–H and O–H groups in total. The summed E-state index contributed by atoms with van der Waals surface area (Å²) in [6.07, 6.45) is 0.172. The summed E-state index contributed by atoms with van der Waals surface area (Å²) < 4.78 is 2.70. The summed E-state index contributed by atoms with van der Waals surface area (Å²) in [5.74, 6) is 0.449. The molecule has 0 atom stereocenters. The highest BCUT2D eigenvalue weighted by molar-refractivity contribution is 7.21. The maximum absolute atomic E-state index is 12.8. The van der Waals surface area contributed by atoms with E-state index in [9.17, 15) is 4.79 Å². The van der Waals surface area contributed by atoms with Gasteiger partial charge in [-0.3, -0.25) is 4.79 Å². The number of benzene rings is 2. The second-order valence-electron chi connectivity index (χ2n) is 7.24. The zero-order valence-corrected chi connectivity index (χ0v) is 17.8. The van der Waals surface area contributed by atoms with Crippen LogP contribution in [-0.2, 0) is 11.2 Å². The minimum Gasteiger partial charge on any atom is -0.366 e. The lowest BCUT2D eigenvalue weighted by Gasteiger charge is -2.11. The van der Waals surface area contributed by atoms with E-state index in [0.29, 0.717) is 5.78 Å². The van der Waals surface area contributed by atoms with Gasteiger partial charge < -0.3 is 11.1 Å². The lowest BCUT2D eigenvalue weighted by molar-refractivity contribution is -0.115. The van der Waals surface area contributed by atoms with E-state index < -0.39 is 0 Å². The van der Waals surface area contributed by atoms with Crippen molar-refractivity contribution in [3.05, 3.63) is 65.5 Å². The second kappa shape index (κ2) is 7.44. The fraction of sp³-hybridized carbons (Fsp3) is 0.136. The van der Waals surface area contributed by atoms with Gasteiger partial charge in [0.25, 0.3) is 5.78 Å². The number of para-hydroxylation sites is 1. The van der Waals surface area contributed by atoms with Crippen LogP contribution >= 0.6 is 11.3 Å². The number of nitrogen functional groups attached to an aromatic ring is 1. The summed E-state index contributed by atoms with van der Waals surface area (Å²) in [5.41, 5.74) is 10.7. The number of aryl methyl sites for hydroxylation is 2. The van der Waals surface area contributed by atoms with Crippen LogP contribution in [0.1, 0.15) is 17.0 Å². The average Bonchev–Trinajstić information content (AvgIpc) is 3.34. The molecule has 0 aliphatic rings. The number of amides is 1. The topological polar surface area (TPSA) is 111 Å². The number of hydrogen-bond acceptors (Lipinski definition) is 7. The standard InChI is InChI=1S/C22H19N7OS/c1-12-16(13(2)29-22(24-12)27-21(23)28-29)11-19(30)25-15-7-5-6-14(10-15)20-26-17-8-3-4-9-18(17)31-20/h3-10H,11H2,1-2H3,(H2,23,28)(H,25,30). The third kappa shape index (κ3) is 3.59. The van der Waals surface area contributed by atoms with Crippen molar-refractivity contribution in [3.8, 4) is 10.6 Å². The van der Waals surface area contributed by atoms with Gasteiger partial charge in [0.1, 0.15) is 5.01 Å². The molecular weight excluding hydrogens is 410 g/mol.